The van der Waals surface area contributed by atoms with Crippen molar-refractivity contribution in [3.05, 3.63) is 23.3 Å². The van der Waals surface area contributed by atoms with Gasteiger partial charge in [-0.2, -0.15) is 0 Å². The fourth-order valence-corrected chi connectivity index (χ4v) is 1.59. The lowest BCUT2D eigenvalue weighted by Gasteiger charge is -2.16. The highest BCUT2D eigenvalue weighted by Gasteiger charge is 2.11. The van der Waals surface area contributed by atoms with Crippen molar-refractivity contribution in [2.45, 2.75) is 26.7 Å². The van der Waals surface area contributed by atoms with Crippen molar-refractivity contribution in [1.82, 2.24) is 0 Å². The predicted molar refractivity (Wildman–Crippen MR) is 65.0 cm³/mol. The molecule has 2 amide bonds. The lowest BCUT2D eigenvalue weighted by Crippen LogP contribution is -2.20. The molecule has 1 rings (SSSR count). The molecule has 0 saturated heterocycles. The number of carbonyl (C=O) groups excluding carboxylic acids is 1. The second kappa shape index (κ2) is 4.88. The number of hydrogen-bond acceptors (Lipinski definition) is 2. The summed E-state index contributed by atoms with van der Waals surface area (Å²) in [6.07, 6.45) is 0. The Morgan fingerprint density at radius 2 is 2.06 bits per heavy atom. The van der Waals surface area contributed by atoms with Crippen LogP contribution in [0.5, 0.6) is 5.75 Å². The molecule has 0 aliphatic carbocycles. The summed E-state index contributed by atoms with van der Waals surface area (Å²) in [5.74, 6) is 1.16. The molecule has 16 heavy (non-hydrogen) atoms. The number of hydrogen-bond donors (Lipinski definition) is 2. The van der Waals surface area contributed by atoms with E-state index >= 15 is 0 Å². The van der Waals surface area contributed by atoms with Crippen LogP contribution in [0, 0.1) is 6.92 Å². The minimum absolute atomic E-state index is 0.323. The van der Waals surface area contributed by atoms with Crippen LogP contribution in [0.1, 0.15) is 30.9 Å². The van der Waals surface area contributed by atoms with Gasteiger partial charge >= 0.3 is 6.03 Å². The molecule has 4 nitrogen and oxygen atoms in total. The zero-order valence-electron chi connectivity index (χ0n) is 10.1. The third-order valence-electron chi connectivity index (χ3n) is 2.46. The third-order valence-corrected chi connectivity index (χ3v) is 2.46. The van der Waals surface area contributed by atoms with E-state index in [-0.39, 0.29) is 0 Å². The molecule has 0 atom stereocenters. The van der Waals surface area contributed by atoms with Crippen LogP contribution < -0.4 is 15.8 Å². The zero-order valence-corrected chi connectivity index (χ0v) is 10.1. The number of primary amides is 1. The number of amides is 2. The summed E-state index contributed by atoms with van der Waals surface area (Å²) in [6, 6.07) is 3.26. The summed E-state index contributed by atoms with van der Waals surface area (Å²) in [7, 11) is 1.64. The molecule has 0 radical (unpaired) electrons. The average molecular weight is 222 g/mol. The third kappa shape index (κ3) is 2.66. The summed E-state index contributed by atoms with van der Waals surface area (Å²) in [5, 5.41) is 2.60. The first-order valence-electron chi connectivity index (χ1n) is 5.20. The van der Waals surface area contributed by atoms with Gasteiger partial charge in [-0.3, -0.25) is 0 Å². The molecule has 4 heteroatoms. The molecule has 0 saturated carbocycles. The molecule has 3 N–H and O–H groups in total. The maximum Gasteiger partial charge on any atom is 0.316 e. The number of urea groups is 1. The number of ether oxygens (including phenoxy) is 1. The van der Waals surface area contributed by atoms with Crippen molar-refractivity contribution in [1.29, 1.82) is 0 Å². The second-order valence-corrected chi connectivity index (χ2v) is 4.05. The molecular formula is C12H18N2O2. The van der Waals surface area contributed by atoms with Crippen molar-refractivity contribution >= 4 is 11.7 Å². The molecule has 0 fully saturated rings. The van der Waals surface area contributed by atoms with Gasteiger partial charge in [0.05, 0.1) is 7.11 Å². The molecule has 0 bridgehead atoms. The van der Waals surface area contributed by atoms with Crippen LogP contribution in [0.15, 0.2) is 12.1 Å². The van der Waals surface area contributed by atoms with Crippen molar-refractivity contribution in [2.75, 3.05) is 12.4 Å². The minimum atomic E-state index is -0.553. The molecule has 1 aromatic rings. The van der Waals surface area contributed by atoms with Gasteiger partial charge in [-0.15, -0.1) is 0 Å². The van der Waals surface area contributed by atoms with E-state index in [2.05, 4.69) is 19.2 Å². The topological polar surface area (TPSA) is 64.3 Å². The van der Waals surface area contributed by atoms with Gasteiger partial charge in [0, 0.05) is 5.69 Å². The van der Waals surface area contributed by atoms with Gasteiger partial charge in [-0.1, -0.05) is 13.8 Å². The highest BCUT2D eigenvalue weighted by Crippen LogP contribution is 2.31. The fraction of sp³-hybridized carbons (Fsp3) is 0.417. The molecular weight excluding hydrogens is 204 g/mol. The molecule has 1 aromatic carbocycles. The Morgan fingerprint density at radius 3 is 2.50 bits per heavy atom. The largest absolute Gasteiger partial charge is 0.496 e. The fourth-order valence-electron chi connectivity index (χ4n) is 1.59. The minimum Gasteiger partial charge on any atom is -0.496 e. The van der Waals surface area contributed by atoms with E-state index in [0.717, 1.165) is 22.6 Å². The van der Waals surface area contributed by atoms with Crippen molar-refractivity contribution < 1.29 is 9.53 Å². The number of nitrogens with two attached hydrogens (primary N) is 1. The Balaban J connectivity index is 3.21. The van der Waals surface area contributed by atoms with Gasteiger partial charge in [0.15, 0.2) is 0 Å². The van der Waals surface area contributed by atoms with Crippen molar-refractivity contribution in [3.8, 4) is 5.75 Å². The average Bonchev–Trinajstić information content (AvgIpc) is 2.19. The van der Waals surface area contributed by atoms with E-state index in [9.17, 15) is 4.79 Å². The molecule has 0 aliphatic rings. The highest BCUT2D eigenvalue weighted by molar-refractivity contribution is 5.89. The first kappa shape index (κ1) is 12.4. The molecule has 0 unspecified atom stereocenters. The van der Waals surface area contributed by atoms with E-state index in [4.69, 9.17) is 10.5 Å². The van der Waals surface area contributed by atoms with E-state index in [1.807, 2.05) is 19.1 Å². The summed E-state index contributed by atoms with van der Waals surface area (Å²) in [6.45, 7) is 6.04. The molecule has 0 spiro atoms. The van der Waals surface area contributed by atoms with E-state index < -0.39 is 6.03 Å². The summed E-state index contributed by atoms with van der Waals surface area (Å²) < 4.78 is 5.30. The van der Waals surface area contributed by atoms with E-state index in [1.54, 1.807) is 7.11 Å². The molecule has 0 aromatic heterocycles. The lowest BCUT2D eigenvalue weighted by molar-refractivity contribution is 0.259. The number of methoxy groups -OCH3 is 1. The Kier molecular flexibility index (Phi) is 3.77. The number of carbonyl (C=O) groups is 1. The van der Waals surface area contributed by atoms with E-state index in [0.29, 0.717) is 5.92 Å². The molecule has 88 valence electrons. The van der Waals surface area contributed by atoms with Crippen LogP contribution in [0.4, 0.5) is 10.5 Å². The van der Waals surface area contributed by atoms with E-state index in [1.165, 1.54) is 0 Å². The van der Waals surface area contributed by atoms with Gasteiger partial charge in [-0.05, 0) is 36.1 Å². The summed E-state index contributed by atoms with van der Waals surface area (Å²) >= 11 is 0. The number of aryl methyl sites for hydroxylation is 1. The Hall–Kier alpha value is -1.71. The van der Waals surface area contributed by atoms with Gasteiger partial charge in [0.1, 0.15) is 5.75 Å². The molecule has 0 heterocycles. The first-order valence-corrected chi connectivity index (χ1v) is 5.20. The van der Waals surface area contributed by atoms with Crippen LogP contribution in [-0.4, -0.2) is 13.1 Å². The van der Waals surface area contributed by atoms with Crippen LogP contribution in [-0.2, 0) is 0 Å². The number of anilines is 1. The SMILES string of the molecule is COc1cc(C)c(NC(N)=O)cc1C(C)C. The summed E-state index contributed by atoms with van der Waals surface area (Å²) in [5.41, 5.74) is 7.83. The van der Waals surface area contributed by atoms with Gasteiger partial charge < -0.3 is 15.8 Å². The monoisotopic (exact) mass is 222 g/mol. The van der Waals surface area contributed by atoms with Crippen LogP contribution in [0.25, 0.3) is 0 Å². The van der Waals surface area contributed by atoms with Gasteiger partial charge in [-0.25, -0.2) is 4.79 Å². The normalized spacial score (nSPS) is 10.3. The van der Waals surface area contributed by atoms with Gasteiger partial charge in [0.25, 0.3) is 0 Å². The Bertz CT molecular complexity index is 400. The van der Waals surface area contributed by atoms with Crippen LogP contribution in [0.2, 0.25) is 0 Å². The standard InChI is InChI=1S/C12H18N2O2/c1-7(2)9-6-10(14-12(13)15)8(3)5-11(9)16-4/h5-7H,1-4H3,(H3,13,14,15). The van der Waals surface area contributed by atoms with Crippen molar-refractivity contribution in [2.24, 2.45) is 5.73 Å². The van der Waals surface area contributed by atoms with Crippen LogP contribution in [0.3, 0.4) is 0 Å². The Labute approximate surface area is 95.8 Å². The maximum atomic E-state index is 10.8. The van der Waals surface area contributed by atoms with Crippen LogP contribution >= 0.6 is 0 Å². The second-order valence-electron chi connectivity index (χ2n) is 4.05. The van der Waals surface area contributed by atoms with Gasteiger partial charge in [0.2, 0.25) is 0 Å². The zero-order chi connectivity index (χ0) is 12.3. The number of benzene rings is 1. The molecule has 0 aliphatic heterocycles. The number of rotatable bonds is 3. The first-order chi connectivity index (χ1) is 7.45. The lowest BCUT2D eigenvalue weighted by atomic mass is 9.99. The Morgan fingerprint density at radius 1 is 1.44 bits per heavy atom. The van der Waals surface area contributed by atoms with Crippen molar-refractivity contribution in [3.63, 3.8) is 0 Å². The smallest absolute Gasteiger partial charge is 0.316 e. The highest BCUT2D eigenvalue weighted by atomic mass is 16.5. The quantitative estimate of drug-likeness (QED) is 0.825. The summed E-state index contributed by atoms with van der Waals surface area (Å²) in [4.78, 5) is 10.8. The maximum absolute atomic E-state index is 10.8. The number of nitrogens with one attached hydrogen (secondary N) is 1. The predicted octanol–water partition coefficient (Wildman–Crippen LogP) is 2.62.